The van der Waals surface area contributed by atoms with Crippen LogP contribution in [0.15, 0.2) is 18.6 Å². The van der Waals surface area contributed by atoms with Crippen LogP contribution in [0, 0.1) is 11.3 Å². The van der Waals surface area contributed by atoms with Gasteiger partial charge in [0.25, 0.3) is 0 Å². The summed E-state index contributed by atoms with van der Waals surface area (Å²) in [4.78, 5) is 10.7. The van der Waals surface area contributed by atoms with Gasteiger partial charge in [-0.3, -0.25) is 0 Å². The summed E-state index contributed by atoms with van der Waals surface area (Å²) >= 11 is 0. The Balaban J connectivity index is 2.39. The van der Waals surface area contributed by atoms with E-state index in [1.165, 1.54) is 0 Å². The summed E-state index contributed by atoms with van der Waals surface area (Å²) in [5.74, 6) is 6.65. The van der Waals surface area contributed by atoms with Crippen molar-refractivity contribution in [1.82, 2.24) is 14.4 Å². The van der Waals surface area contributed by atoms with Crippen molar-refractivity contribution in [3.8, 4) is 6.07 Å². The van der Waals surface area contributed by atoms with Crippen LogP contribution in [0.5, 0.6) is 0 Å². The highest BCUT2D eigenvalue weighted by Crippen LogP contribution is 2.20. The number of methoxy groups -OCH3 is 1. The maximum absolute atomic E-state index is 8.78. The third-order valence-electron chi connectivity index (χ3n) is 2.86. The summed E-state index contributed by atoms with van der Waals surface area (Å²) in [6.07, 6.45) is 5.67. The molecule has 0 fully saturated rings. The van der Waals surface area contributed by atoms with Crippen molar-refractivity contribution in [2.75, 3.05) is 37.1 Å². The lowest BCUT2D eigenvalue weighted by Gasteiger charge is -2.23. The van der Waals surface area contributed by atoms with E-state index in [4.69, 9.17) is 15.8 Å². The van der Waals surface area contributed by atoms with Gasteiger partial charge in [-0.15, -0.1) is 0 Å². The third kappa shape index (κ3) is 2.96. The van der Waals surface area contributed by atoms with E-state index in [-0.39, 0.29) is 0 Å². The lowest BCUT2D eigenvalue weighted by Crippen LogP contribution is -2.30. The summed E-state index contributed by atoms with van der Waals surface area (Å²) < 4.78 is 6.94. The van der Waals surface area contributed by atoms with Gasteiger partial charge in [-0.25, -0.2) is 15.8 Å². The van der Waals surface area contributed by atoms with E-state index >= 15 is 0 Å². The molecule has 0 spiro atoms. The Hall–Kier alpha value is -2.37. The zero-order chi connectivity index (χ0) is 14.4. The molecule has 8 nitrogen and oxygen atoms in total. The smallest absolute Gasteiger partial charge is 0.180 e. The Bertz CT molecular complexity index is 603. The monoisotopic (exact) mass is 275 g/mol. The highest BCUT2D eigenvalue weighted by molar-refractivity contribution is 5.66. The van der Waals surface area contributed by atoms with Crippen molar-refractivity contribution < 1.29 is 4.74 Å². The second kappa shape index (κ2) is 6.70. The summed E-state index contributed by atoms with van der Waals surface area (Å²) in [6.45, 7) is 1.73. The molecule has 0 atom stereocenters. The van der Waals surface area contributed by atoms with Crippen LogP contribution in [0.1, 0.15) is 6.42 Å². The average molecular weight is 275 g/mol. The first-order valence-corrected chi connectivity index (χ1v) is 6.21. The SMILES string of the molecule is COCCN(CCC#N)c1nc(NN)cn2ccnc12. The van der Waals surface area contributed by atoms with Crippen LogP contribution in [-0.4, -0.2) is 41.2 Å². The molecule has 0 aliphatic heterocycles. The van der Waals surface area contributed by atoms with Gasteiger partial charge in [0.2, 0.25) is 0 Å². The first-order chi connectivity index (χ1) is 9.80. The number of anilines is 2. The van der Waals surface area contributed by atoms with Gasteiger partial charge >= 0.3 is 0 Å². The molecule has 0 saturated carbocycles. The highest BCUT2D eigenvalue weighted by Gasteiger charge is 2.14. The van der Waals surface area contributed by atoms with Gasteiger partial charge in [0.15, 0.2) is 17.3 Å². The number of fused-ring (bicyclic) bond motifs is 1. The van der Waals surface area contributed by atoms with E-state index in [1.807, 2.05) is 15.5 Å². The Labute approximate surface area is 116 Å². The molecule has 8 heteroatoms. The number of hydrogen-bond donors (Lipinski definition) is 2. The van der Waals surface area contributed by atoms with Gasteiger partial charge in [0, 0.05) is 32.6 Å². The minimum atomic E-state index is 0.401. The number of hydrazine groups is 1. The van der Waals surface area contributed by atoms with E-state index in [1.54, 1.807) is 19.5 Å². The van der Waals surface area contributed by atoms with Crippen LogP contribution in [0.25, 0.3) is 5.65 Å². The molecule has 2 rings (SSSR count). The minimum Gasteiger partial charge on any atom is -0.383 e. The minimum absolute atomic E-state index is 0.401. The Morgan fingerprint density at radius 2 is 2.40 bits per heavy atom. The Kier molecular flexibility index (Phi) is 4.70. The molecular formula is C12H17N7O. The van der Waals surface area contributed by atoms with Gasteiger partial charge in [-0.2, -0.15) is 5.26 Å². The van der Waals surface area contributed by atoms with E-state index in [9.17, 15) is 0 Å². The van der Waals surface area contributed by atoms with Crippen molar-refractivity contribution in [3.63, 3.8) is 0 Å². The van der Waals surface area contributed by atoms with Crippen molar-refractivity contribution in [3.05, 3.63) is 18.6 Å². The molecule has 0 bridgehead atoms. The van der Waals surface area contributed by atoms with Crippen LogP contribution >= 0.6 is 0 Å². The first kappa shape index (κ1) is 14.0. The molecule has 2 heterocycles. The Morgan fingerprint density at radius 1 is 1.55 bits per heavy atom. The number of nitrogens with two attached hydrogens (primary N) is 1. The second-order valence-electron chi connectivity index (χ2n) is 4.14. The van der Waals surface area contributed by atoms with Gasteiger partial charge in [0.1, 0.15) is 0 Å². The van der Waals surface area contributed by atoms with Crippen LogP contribution in [0.2, 0.25) is 0 Å². The summed E-state index contributed by atoms with van der Waals surface area (Å²) in [5.41, 5.74) is 3.25. The molecular weight excluding hydrogens is 258 g/mol. The summed E-state index contributed by atoms with van der Waals surface area (Å²) in [7, 11) is 1.64. The van der Waals surface area contributed by atoms with E-state index < -0.39 is 0 Å². The summed E-state index contributed by atoms with van der Waals surface area (Å²) in [5, 5.41) is 8.78. The molecule has 0 unspecified atom stereocenters. The van der Waals surface area contributed by atoms with Crippen molar-refractivity contribution in [2.45, 2.75) is 6.42 Å². The van der Waals surface area contributed by atoms with Gasteiger partial charge in [0.05, 0.1) is 25.3 Å². The largest absolute Gasteiger partial charge is 0.383 e. The first-order valence-electron chi connectivity index (χ1n) is 6.21. The van der Waals surface area contributed by atoms with Crippen molar-refractivity contribution >= 4 is 17.3 Å². The fraction of sp³-hybridized carbons (Fsp3) is 0.417. The zero-order valence-electron chi connectivity index (χ0n) is 11.3. The van der Waals surface area contributed by atoms with Crippen LogP contribution < -0.4 is 16.2 Å². The number of rotatable bonds is 7. The molecule has 20 heavy (non-hydrogen) atoms. The second-order valence-corrected chi connectivity index (χ2v) is 4.14. The quantitative estimate of drug-likeness (QED) is 0.556. The van der Waals surface area contributed by atoms with Crippen LogP contribution in [-0.2, 0) is 4.74 Å². The Morgan fingerprint density at radius 3 is 3.10 bits per heavy atom. The molecule has 0 aliphatic rings. The number of hydrogen-bond acceptors (Lipinski definition) is 7. The highest BCUT2D eigenvalue weighted by atomic mass is 16.5. The number of nitriles is 1. The molecule has 0 amide bonds. The summed E-state index contributed by atoms with van der Waals surface area (Å²) in [6, 6.07) is 2.14. The van der Waals surface area contributed by atoms with Crippen molar-refractivity contribution in [1.29, 1.82) is 5.26 Å². The topological polar surface area (TPSA) is 104 Å². The fourth-order valence-corrected chi connectivity index (χ4v) is 1.91. The molecule has 0 radical (unpaired) electrons. The van der Waals surface area contributed by atoms with Crippen LogP contribution in [0.4, 0.5) is 11.6 Å². The number of ether oxygens (including phenoxy) is 1. The number of nitrogens with one attached hydrogen (secondary N) is 1. The predicted octanol–water partition coefficient (Wildman–Crippen LogP) is 0.381. The molecule has 0 aliphatic carbocycles. The molecule has 0 saturated heterocycles. The zero-order valence-corrected chi connectivity index (χ0v) is 11.3. The number of aromatic nitrogens is 3. The van der Waals surface area contributed by atoms with E-state index in [2.05, 4.69) is 21.5 Å². The van der Waals surface area contributed by atoms with Gasteiger partial charge in [-0.05, 0) is 0 Å². The molecule has 0 aromatic carbocycles. The molecule has 3 N–H and O–H groups in total. The van der Waals surface area contributed by atoms with Gasteiger partial charge in [-0.1, -0.05) is 0 Å². The van der Waals surface area contributed by atoms with E-state index in [0.29, 0.717) is 37.8 Å². The lowest BCUT2D eigenvalue weighted by atomic mass is 10.4. The predicted molar refractivity (Wildman–Crippen MR) is 75.1 cm³/mol. The maximum Gasteiger partial charge on any atom is 0.180 e. The number of imidazole rings is 1. The standard InChI is InChI=1S/C12H17N7O/c1-20-8-7-18(5-2-3-13)12-11-15-4-6-19(11)9-10(16-12)17-14/h4,6,9,17H,2,5,7-8,14H2,1H3. The normalized spacial score (nSPS) is 10.4. The fourth-order valence-electron chi connectivity index (χ4n) is 1.91. The lowest BCUT2D eigenvalue weighted by molar-refractivity contribution is 0.205. The van der Waals surface area contributed by atoms with Crippen LogP contribution in [0.3, 0.4) is 0 Å². The van der Waals surface area contributed by atoms with Crippen molar-refractivity contribution in [2.24, 2.45) is 5.84 Å². The number of nitrogens with zero attached hydrogens (tertiary/aromatic N) is 5. The average Bonchev–Trinajstić information content (AvgIpc) is 2.95. The maximum atomic E-state index is 8.78. The third-order valence-corrected chi connectivity index (χ3v) is 2.86. The van der Waals surface area contributed by atoms with E-state index in [0.717, 1.165) is 5.65 Å². The van der Waals surface area contributed by atoms with Gasteiger partial charge < -0.3 is 19.5 Å². The number of nitrogen functional groups attached to an aromatic ring is 1. The molecule has 2 aromatic rings. The molecule has 2 aromatic heterocycles. The molecule has 106 valence electrons.